The number of para-hydroxylation sites is 1. The van der Waals surface area contributed by atoms with Gasteiger partial charge in [0.1, 0.15) is 5.92 Å². The minimum Gasteiger partial charge on any atom is -0.338 e. The molecule has 1 aromatic carbocycles. The molecule has 166 valence electrons. The van der Waals surface area contributed by atoms with Crippen LogP contribution in [0.4, 0.5) is 10.5 Å². The average Bonchev–Trinajstić information content (AvgIpc) is 2.80. The maximum absolute atomic E-state index is 13.0. The Bertz CT molecular complexity index is 1270. The van der Waals surface area contributed by atoms with Gasteiger partial charge in [-0.3, -0.25) is 19.4 Å². The number of aromatic nitrogens is 3. The molecule has 4 amide bonds. The number of urea groups is 1. The van der Waals surface area contributed by atoms with E-state index < -0.39 is 17.9 Å². The van der Waals surface area contributed by atoms with E-state index in [9.17, 15) is 19.2 Å². The van der Waals surface area contributed by atoms with E-state index in [0.29, 0.717) is 11.4 Å². The van der Waals surface area contributed by atoms with Crippen LogP contribution in [0, 0.1) is 5.92 Å². The third-order valence-electron chi connectivity index (χ3n) is 5.81. The summed E-state index contributed by atoms with van der Waals surface area (Å²) in [5.74, 6) is -1.96. The summed E-state index contributed by atoms with van der Waals surface area (Å²) in [5, 5.41) is 7.07. The molecular weight excluding hydrogens is 424 g/mol. The lowest BCUT2D eigenvalue weighted by atomic mass is 9.99. The van der Waals surface area contributed by atoms with Gasteiger partial charge in [0.15, 0.2) is 0 Å². The second kappa shape index (κ2) is 8.30. The summed E-state index contributed by atoms with van der Waals surface area (Å²) in [5.41, 5.74) is 1.60. The van der Waals surface area contributed by atoms with Gasteiger partial charge in [0.05, 0.1) is 17.4 Å². The summed E-state index contributed by atoms with van der Waals surface area (Å²) in [4.78, 5) is 57.2. The zero-order valence-electron chi connectivity index (χ0n) is 17.5. The number of pyridine rings is 1. The summed E-state index contributed by atoms with van der Waals surface area (Å²) in [6.45, 7) is 0.458. The number of hydrogen-bond acceptors (Lipinski definition) is 6. The molecular formula is C23H20N6O4. The Morgan fingerprint density at radius 3 is 2.39 bits per heavy atom. The number of nitrogens with zero attached hydrogens (tertiary/aromatic N) is 5. The van der Waals surface area contributed by atoms with Crippen molar-refractivity contribution in [2.75, 3.05) is 24.5 Å². The molecule has 2 saturated heterocycles. The maximum Gasteiger partial charge on any atom is 0.328 e. The molecule has 0 aliphatic carbocycles. The highest BCUT2D eigenvalue weighted by atomic mass is 16.2. The van der Waals surface area contributed by atoms with E-state index in [-0.39, 0.29) is 37.1 Å². The summed E-state index contributed by atoms with van der Waals surface area (Å²) < 4.78 is 1.38. The molecule has 33 heavy (non-hydrogen) atoms. The Kier molecular flexibility index (Phi) is 5.17. The Hall–Kier alpha value is -4.34. The van der Waals surface area contributed by atoms with Crippen LogP contribution in [0.1, 0.15) is 6.04 Å². The standard InChI is InChI=1S/C23H20N6O4/c30-20-7-6-19(15-8-10-24-11-9-15)26-29(20)17-13-27(14-17)21(31)18-12-25-23(33)28(22(18)32)16-4-2-1-3-5-16/h1-11,17-18H,12-14H2,(H,25,33). The third kappa shape index (κ3) is 3.75. The molecule has 0 radical (unpaired) electrons. The average molecular weight is 444 g/mol. The van der Waals surface area contributed by atoms with Crippen LogP contribution in [0.3, 0.4) is 0 Å². The lowest BCUT2D eigenvalue weighted by Gasteiger charge is -2.42. The number of benzene rings is 1. The highest BCUT2D eigenvalue weighted by molar-refractivity contribution is 6.21. The van der Waals surface area contributed by atoms with E-state index in [4.69, 9.17) is 0 Å². The molecule has 0 spiro atoms. The number of imide groups is 1. The van der Waals surface area contributed by atoms with Crippen molar-refractivity contribution in [2.24, 2.45) is 5.92 Å². The Morgan fingerprint density at radius 2 is 1.67 bits per heavy atom. The molecule has 2 aliphatic rings. The van der Waals surface area contributed by atoms with Gasteiger partial charge in [-0.15, -0.1) is 0 Å². The smallest absolute Gasteiger partial charge is 0.328 e. The summed E-state index contributed by atoms with van der Waals surface area (Å²) in [7, 11) is 0. The quantitative estimate of drug-likeness (QED) is 0.602. The van der Waals surface area contributed by atoms with Crippen molar-refractivity contribution in [3.63, 3.8) is 0 Å². The molecule has 1 atom stereocenters. The highest BCUT2D eigenvalue weighted by Gasteiger charge is 2.44. The van der Waals surface area contributed by atoms with Crippen molar-refractivity contribution in [1.82, 2.24) is 25.0 Å². The van der Waals surface area contributed by atoms with Crippen molar-refractivity contribution in [2.45, 2.75) is 6.04 Å². The van der Waals surface area contributed by atoms with Crippen LogP contribution >= 0.6 is 0 Å². The monoisotopic (exact) mass is 444 g/mol. The van der Waals surface area contributed by atoms with Crippen LogP contribution in [-0.2, 0) is 9.59 Å². The highest BCUT2D eigenvalue weighted by Crippen LogP contribution is 2.26. The SMILES string of the molecule is O=C(C1CNC(=O)N(c2ccccc2)C1=O)N1CC(n2nc(-c3ccncc3)ccc2=O)C1. The molecule has 3 aromatic rings. The Balaban J connectivity index is 1.30. The lowest BCUT2D eigenvalue weighted by molar-refractivity contribution is -0.146. The fourth-order valence-corrected chi connectivity index (χ4v) is 4.00. The van der Waals surface area contributed by atoms with Crippen LogP contribution in [-0.4, -0.2) is 57.1 Å². The van der Waals surface area contributed by atoms with E-state index >= 15 is 0 Å². The molecule has 2 fully saturated rings. The Labute approximate surface area is 188 Å². The fourth-order valence-electron chi connectivity index (χ4n) is 4.00. The zero-order chi connectivity index (χ0) is 22.9. The fraction of sp³-hybridized carbons (Fsp3) is 0.217. The summed E-state index contributed by atoms with van der Waals surface area (Å²) in [6.07, 6.45) is 3.30. The first-order chi connectivity index (χ1) is 16.0. The zero-order valence-corrected chi connectivity index (χ0v) is 17.5. The number of rotatable bonds is 4. The number of carbonyl (C=O) groups is 3. The van der Waals surface area contributed by atoms with Gasteiger partial charge < -0.3 is 10.2 Å². The normalized spacial score (nSPS) is 18.6. The molecule has 0 bridgehead atoms. The number of likely N-dealkylation sites (tertiary alicyclic amines) is 1. The van der Waals surface area contributed by atoms with E-state index in [1.807, 2.05) is 0 Å². The topological polar surface area (TPSA) is 118 Å². The van der Waals surface area contributed by atoms with E-state index in [1.165, 1.54) is 15.6 Å². The van der Waals surface area contributed by atoms with Gasteiger partial charge in [0, 0.05) is 43.7 Å². The lowest BCUT2D eigenvalue weighted by Crippen LogP contribution is -2.62. The predicted octanol–water partition coefficient (Wildman–Crippen LogP) is 1.06. The first-order valence-corrected chi connectivity index (χ1v) is 10.5. The van der Waals surface area contributed by atoms with Crippen molar-refractivity contribution in [3.8, 4) is 11.3 Å². The van der Waals surface area contributed by atoms with Crippen LogP contribution in [0.5, 0.6) is 0 Å². The number of anilines is 1. The van der Waals surface area contributed by atoms with Crippen LogP contribution in [0.2, 0.25) is 0 Å². The van der Waals surface area contributed by atoms with Gasteiger partial charge in [-0.2, -0.15) is 5.10 Å². The second-order valence-electron chi connectivity index (χ2n) is 7.88. The van der Waals surface area contributed by atoms with Gasteiger partial charge in [0.2, 0.25) is 11.8 Å². The molecule has 10 nitrogen and oxygen atoms in total. The minimum absolute atomic E-state index is 0.0588. The number of amides is 4. The predicted molar refractivity (Wildman–Crippen MR) is 118 cm³/mol. The maximum atomic E-state index is 13.0. The molecule has 5 rings (SSSR count). The number of nitrogens with one attached hydrogen (secondary N) is 1. The van der Waals surface area contributed by atoms with Crippen molar-refractivity contribution in [1.29, 1.82) is 0 Å². The molecule has 2 aliphatic heterocycles. The minimum atomic E-state index is -1.02. The molecule has 10 heteroatoms. The van der Waals surface area contributed by atoms with Gasteiger partial charge in [-0.1, -0.05) is 18.2 Å². The number of hydrogen-bond donors (Lipinski definition) is 1. The largest absolute Gasteiger partial charge is 0.338 e. The van der Waals surface area contributed by atoms with Crippen LogP contribution < -0.4 is 15.8 Å². The first-order valence-electron chi connectivity index (χ1n) is 10.5. The Morgan fingerprint density at radius 1 is 0.939 bits per heavy atom. The summed E-state index contributed by atoms with van der Waals surface area (Å²) >= 11 is 0. The van der Waals surface area contributed by atoms with Gasteiger partial charge in [-0.25, -0.2) is 14.4 Å². The van der Waals surface area contributed by atoms with Crippen LogP contribution in [0.25, 0.3) is 11.3 Å². The molecule has 0 saturated carbocycles. The molecule has 4 heterocycles. The van der Waals surface area contributed by atoms with Crippen molar-refractivity contribution >= 4 is 23.5 Å². The van der Waals surface area contributed by atoms with Crippen molar-refractivity contribution < 1.29 is 14.4 Å². The first kappa shape index (κ1) is 20.6. The van der Waals surface area contributed by atoms with Gasteiger partial charge in [0.25, 0.3) is 5.56 Å². The van der Waals surface area contributed by atoms with Gasteiger partial charge in [-0.05, 0) is 30.3 Å². The number of carbonyl (C=O) groups excluding carboxylic acids is 3. The molecule has 1 N–H and O–H groups in total. The molecule has 2 aromatic heterocycles. The van der Waals surface area contributed by atoms with E-state index in [2.05, 4.69) is 15.4 Å². The second-order valence-corrected chi connectivity index (χ2v) is 7.88. The van der Waals surface area contributed by atoms with Gasteiger partial charge >= 0.3 is 6.03 Å². The summed E-state index contributed by atoms with van der Waals surface area (Å²) in [6, 6.07) is 14.3. The molecule has 1 unspecified atom stereocenters. The van der Waals surface area contributed by atoms with E-state index in [0.717, 1.165) is 10.5 Å². The van der Waals surface area contributed by atoms with Crippen molar-refractivity contribution in [3.05, 3.63) is 77.3 Å². The van der Waals surface area contributed by atoms with E-state index in [1.54, 1.807) is 60.9 Å². The van der Waals surface area contributed by atoms with Crippen LogP contribution in [0.15, 0.2) is 71.8 Å². The third-order valence-corrected chi connectivity index (χ3v) is 5.81.